The fourth-order valence-corrected chi connectivity index (χ4v) is 2.43. The first kappa shape index (κ1) is 14.8. The summed E-state index contributed by atoms with van der Waals surface area (Å²) in [4.78, 5) is 10.7. The van der Waals surface area contributed by atoms with Gasteiger partial charge >= 0.3 is 0 Å². The van der Waals surface area contributed by atoms with Gasteiger partial charge in [-0.15, -0.1) is 0 Å². The maximum atomic E-state index is 10.7. The molecule has 114 valence electrons. The second-order valence-electron chi connectivity index (χ2n) is 5.20. The number of benzene rings is 3. The summed E-state index contributed by atoms with van der Waals surface area (Å²) in [7, 11) is 0. The van der Waals surface area contributed by atoms with Gasteiger partial charge in [-0.1, -0.05) is 54.6 Å². The van der Waals surface area contributed by atoms with E-state index < -0.39 is 5.97 Å². The van der Waals surface area contributed by atoms with Crippen molar-refractivity contribution >= 4 is 28.1 Å². The lowest BCUT2D eigenvalue weighted by molar-refractivity contribution is -0.255. The Morgan fingerprint density at radius 2 is 1.65 bits per heavy atom. The minimum absolute atomic E-state index is 0.144. The third-order valence-electron chi connectivity index (χ3n) is 3.65. The highest BCUT2D eigenvalue weighted by molar-refractivity contribution is 6.09. The predicted octanol–water partition coefficient (Wildman–Crippen LogP) is 3.04. The van der Waals surface area contributed by atoms with Gasteiger partial charge in [0.2, 0.25) is 0 Å². The molecule has 3 aromatic carbocycles. The van der Waals surface area contributed by atoms with Gasteiger partial charge in [0.05, 0.1) is 17.4 Å². The molecule has 23 heavy (non-hydrogen) atoms. The molecule has 0 bridgehead atoms. The molecule has 0 aromatic heterocycles. The van der Waals surface area contributed by atoms with Crippen molar-refractivity contribution in [2.24, 2.45) is 5.10 Å². The molecule has 3 aromatic rings. The zero-order valence-corrected chi connectivity index (χ0v) is 12.6. The minimum Gasteiger partial charge on any atom is -0.545 e. The van der Waals surface area contributed by atoms with Crippen molar-refractivity contribution in [2.75, 3.05) is 5.43 Å². The van der Waals surface area contributed by atoms with Crippen LogP contribution in [0.4, 0.5) is 5.69 Å². The van der Waals surface area contributed by atoms with Gasteiger partial charge in [-0.25, -0.2) is 0 Å². The van der Waals surface area contributed by atoms with Gasteiger partial charge in [0.25, 0.3) is 0 Å². The molecule has 0 saturated heterocycles. The average Bonchev–Trinajstić information content (AvgIpc) is 2.59. The molecule has 0 radical (unpaired) electrons. The molecule has 0 amide bonds. The molecule has 1 N–H and O–H groups in total. The van der Waals surface area contributed by atoms with Gasteiger partial charge in [0, 0.05) is 5.56 Å². The molecule has 0 aliphatic rings. The molecular formula is C19H15N2O2-. The minimum atomic E-state index is -1.19. The van der Waals surface area contributed by atoms with Crippen molar-refractivity contribution < 1.29 is 9.90 Å². The second kappa shape index (κ2) is 6.32. The molecule has 3 rings (SSSR count). The molecular weight excluding hydrogens is 288 g/mol. The fourth-order valence-electron chi connectivity index (χ4n) is 2.43. The molecule has 0 fully saturated rings. The summed E-state index contributed by atoms with van der Waals surface area (Å²) < 4.78 is 0. The van der Waals surface area contributed by atoms with E-state index >= 15 is 0 Å². The third-order valence-corrected chi connectivity index (χ3v) is 3.65. The Labute approximate surface area is 134 Å². The normalized spacial score (nSPS) is 11.4. The number of anilines is 1. The molecule has 0 aliphatic carbocycles. The van der Waals surface area contributed by atoms with Crippen LogP contribution in [0.5, 0.6) is 0 Å². The number of nitrogens with one attached hydrogen (secondary N) is 1. The number of carboxylic acid groups (broad SMARTS) is 1. The molecule has 0 heterocycles. The maximum Gasteiger partial charge on any atom is 0.0715 e. The van der Waals surface area contributed by atoms with Crippen LogP contribution >= 0.6 is 0 Å². The van der Waals surface area contributed by atoms with Crippen LogP contribution in [-0.2, 0) is 0 Å². The maximum absolute atomic E-state index is 10.7. The Hall–Kier alpha value is -3.14. The number of nitrogens with zero attached hydrogens (tertiary/aromatic N) is 1. The van der Waals surface area contributed by atoms with E-state index in [1.54, 1.807) is 12.1 Å². The van der Waals surface area contributed by atoms with Gasteiger partial charge in [0.1, 0.15) is 0 Å². The quantitative estimate of drug-likeness (QED) is 0.595. The van der Waals surface area contributed by atoms with Gasteiger partial charge in [-0.3, -0.25) is 5.43 Å². The Bertz CT molecular complexity index is 878. The van der Waals surface area contributed by atoms with Crippen LogP contribution in [0.3, 0.4) is 0 Å². The molecule has 0 saturated carbocycles. The number of carbonyl (C=O) groups excluding carboxylic acids is 1. The first-order valence-corrected chi connectivity index (χ1v) is 7.25. The highest BCUT2D eigenvalue weighted by Gasteiger charge is 2.03. The van der Waals surface area contributed by atoms with Crippen LogP contribution in [0.25, 0.3) is 10.8 Å². The van der Waals surface area contributed by atoms with Crippen molar-refractivity contribution in [1.29, 1.82) is 0 Å². The van der Waals surface area contributed by atoms with Crippen LogP contribution in [-0.4, -0.2) is 11.7 Å². The Morgan fingerprint density at radius 1 is 0.957 bits per heavy atom. The van der Waals surface area contributed by atoms with E-state index in [4.69, 9.17) is 0 Å². The molecule has 0 atom stereocenters. The number of fused-ring (bicyclic) bond motifs is 1. The summed E-state index contributed by atoms with van der Waals surface area (Å²) in [5.41, 5.74) is 5.72. The van der Waals surface area contributed by atoms with Gasteiger partial charge in [0.15, 0.2) is 0 Å². The van der Waals surface area contributed by atoms with Crippen LogP contribution in [0.15, 0.2) is 71.8 Å². The van der Waals surface area contributed by atoms with E-state index in [2.05, 4.69) is 28.7 Å². The van der Waals surface area contributed by atoms with Crippen molar-refractivity contribution in [3.63, 3.8) is 0 Å². The SMILES string of the molecule is C/C(=N/Nc1ccc(C(=O)[O-])cc1)c1cccc2ccccc12. The van der Waals surface area contributed by atoms with E-state index in [0.29, 0.717) is 0 Å². The van der Waals surface area contributed by atoms with Crippen molar-refractivity contribution in [2.45, 2.75) is 6.92 Å². The van der Waals surface area contributed by atoms with Crippen LogP contribution in [0.2, 0.25) is 0 Å². The van der Waals surface area contributed by atoms with E-state index in [0.717, 1.165) is 27.7 Å². The van der Waals surface area contributed by atoms with Crippen molar-refractivity contribution in [3.05, 3.63) is 77.9 Å². The first-order chi connectivity index (χ1) is 11.1. The van der Waals surface area contributed by atoms with Gasteiger partial charge in [-0.2, -0.15) is 5.10 Å². The number of hydrogen-bond donors (Lipinski definition) is 1. The van der Waals surface area contributed by atoms with E-state index in [-0.39, 0.29) is 5.56 Å². The zero-order valence-electron chi connectivity index (χ0n) is 12.6. The van der Waals surface area contributed by atoms with E-state index in [9.17, 15) is 9.90 Å². The Kier molecular flexibility index (Phi) is 4.06. The summed E-state index contributed by atoms with van der Waals surface area (Å²) in [6.07, 6.45) is 0. The van der Waals surface area contributed by atoms with Crippen molar-refractivity contribution in [3.8, 4) is 0 Å². The molecule has 4 heteroatoms. The number of hydrogen-bond acceptors (Lipinski definition) is 4. The largest absolute Gasteiger partial charge is 0.545 e. The number of rotatable bonds is 4. The fraction of sp³-hybridized carbons (Fsp3) is 0.0526. The van der Waals surface area contributed by atoms with Crippen molar-refractivity contribution in [1.82, 2.24) is 0 Å². The van der Waals surface area contributed by atoms with Crippen LogP contribution < -0.4 is 10.5 Å². The topological polar surface area (TPSA) is 64.5 Å². The van der Waals surface area contributed by atoms with Crippen LogP contribution in [0.1, 0.15) is 22.8 Å². The smallest absolute Gasteiger partial charge is 0.0715 e. The summed E-state index contributed by atoms with van der Waals surface area (Å²) >= 11 is 0. The number of carbonyl (C=O) groups is 1. The Morgan fingerprint density at radius 3 is 2.39 bits per heavy atom. The Balaban J connectivity index is 1.85. The second-order valence-corrected chi connectivity index (χ2v) is 5.20. The summed E-state index contributed by atoms with van der Waals surface area (Å²) in [5.74, 6) is -1.19. The summed E-state index contributed by atoms with van der Waals surface area (Å²) in [6, 6.07) is 20.5. The zero-order chi connectivity index (χ0) is 16.2. The highest BCUT2D eigenvalue weighted by atomic mass is 16.4. The third kappa shape index (κ3) is 3.21. The van der Waals surface area contributed by atoms with Gasteiger partial charge < -0.3 is 9.90 Å². The lowest BCUT2D eigenvalue weighted by Crippen LogP contribution is -2.21. The predicted molar refractivity (Wildman–Crippen MR) is 90.6 cm³/mol. The highest BCUT2D eigenvalue weighted by Crippen LogP contribution is 2.19. The number of carboxylic acids is 1. The molecule has 0 aliphatic heterocycles. The number of aromatic carboxylic acids is 1. The van der Waals surface area contributed by atoms with E-state index in [1.165, 1.54) is 12.1 Å². The average molecular weight is 303 g/mol. The lowest BCUT2D eigenvalue weighted by atomic mass is 10.0. The van der Waals surface area contributed by atoms with Crippen LogP contribution in [0, 0.1) is 0 Å². The summed E-state index contributed by atoms with van der Waals surface area (Å²) in [6.45, 7) is 1.93. The lowest BCUT2D eigenvalue weighted by Gasteiger charge is -2.08. The molecule has 0 spiro atoms. The molecule has 0 unspecified atom stereocenters. The number of hydrazone groups is 1. The first-order valence-electron chi connectivity index (χ1n) is 7.25. The summed E-state index contributed by atoms with van der Waals surface area (Å²) in [5, 5.41) is 17.4. The van der Waals surface area contributed by atoms with E-state index in [1.807, 2.05) is 31.2 Å². The standard InChI is InChI=1S/C19H16N2O2/c1-13(17-8-4-6-14-5-2-3-7-18(14)17)20-21-16-11-9-15(10-12-16)19(22)23/h2-12,21H,1H3,(H,22,23)/p-1/b20-13-. The monoisotopic (exact) mass is 303 g/mol. The van der Waals surface area contributed by atoms with Gasteiger partial charge in [-0.05, 0) is 35.4 Å². The molecule has 4 nitrogen and oxygen atoms in total.